The van der Waals surface area contributed by atoms with Crippen molar-refractivity contribution in [1.82, 2.24) is 0 Å². The van der Waals surface area contributed by atoms with Gasteiger partial charge in [-0.25, -0.2) is 8.42 Å². The lowest BCUT2D eigenvalue weighted by Gasteiger charge is -2.11. The summed E-state index contributed by atoms with van der Waals surface area (Å²) in [6.45, 7) is 10.9. The van der Waals surface area contributed by atoms with Crippen molar-refractivity contribution in [3.05, 3.63) is 46.5 Å². The van der Waals surface area contributed by atoms with Gasteiger partial charge in [-0.2, -0.15) is 0 Å². The molecule has 0 saturated heterocycles. The number of benzene rings is 2. The van der Waals surface area contributed by atoms with Crippen LogP contribution in [0.2, 0.25) is 0 Å². The van der Waals surface area contributed by atoms with E-state index in [9.17, 15) is 18.6 Å². The van der Waals surface area contributed by atoms with Crippen molar-refractivity contribution in [3.8, 4) is 11.5 Å². The zero-order valence-corrected chi connectivity index (χ0v) is 16.0. The van der Waals surface area contributed by atoms with Gasteiger partial charge in [0.25, 0.3) is 0 Å². The lowest BCUT2D eigenvalue weighted by Crippen LogP contribution is -2.04. The van der Waals surface area contributed by atoms with Crippen molar-refractivity contribution < 1.29 is 18.6 Å². The van der Waals surface area contributed by atoms with Crippen molar-refractivity contribution in [2.75, 3.05) is 0 Å². The number of phenols is 2. The number of aromatic hydroxyl groups is 2. The van der Waals surface area contributed by atoms with Crippen LogP contribution in [-0.4, -0.2) is 18.6 Å². The van der Waals surface area contributed by atoms with Gasteiger partial charge in [-0.05, 0) is 74.2 Å². The highest BCUT2D eigenvalue weighted by molar-refractivity contribution is 7.91. The maximum Gasteiger partial charge on any atom is 0.206 e. The zero-order valence-electron chi connectivity index (χ0n) is 15.1. The fourth-order valence-corrected chi connectivity index (χ4v) is 3.88. The molecule has 2 rings (SSSR count). The fourth-order valence-electron chi connectivity index (χ4n) is 2.28. The number of rotatable bonds is 2. The maximum atomic E-state index is 12.7. The fraction of sp³-hybridized carbons (Fsp3) is 0.368. The lowest BCUT2D eigenvalue weighted by atomic mass is 10.1. The largest absolute Gasteiger partial charge is 0.507 e. The summed E-state index contributed by atoms with van der Waals surface area (Å²) >= 11 is 0. The molecule has 0 aliphatic carbocycles. The summed E-state index contributed by atoms with van der Waals surface area (Å²) in [6.07, 6.45) is 1.25. The molecular weight excluding hydrogens is 324 g/mol. The van der Waals surface area contributed by atoms with Crippen molar-refractivity contribution in [3.63, 3.8) is 0 Å². The average Bonchev–Trinajstić information content (AvgIpc) is 2.49. The van der Waals surface area contributed by atoms with Crippen molar-refractivity contribution in [2.24, 2.45) is 0 Å². The van der Waals surface area contributed by atoms with Gasteiger partial charge in [-0.3, -0.25) is 0 Å². The first-order chi connectivity index (χ1) is 11.1. The number of aryl methyl sites for hydroxylation is 4. The molecular formula is C19H26O4S. The molecule has 2 aromatic rings. The molecule has 4 nitrogen and oxygen atoms in total. The quantitative estimate of drug-likeness (QED) is 0.831. The van der Waals surface area contributed by atoms with E-state index < -0.39 is 9.84 Å². The molecule has 0 aliphatic rings. The number of hydrogen-bond donors (Lipinski definition) is 2. The molecule has 0 spiro atoms. The Morgan fingerprint density at radius 1 is 0.708 bits per heavy atom. The first-order valence-electron chi connectivity index (χ1n) is 7.91. The molecule has 0 radical (unpaired) electrons. The molecule has 0 unspecified atom stereocenters. The Labute approximate surface area is 144 Å². The molecule has 24 heavy (non-hydrogen) atoms. The third kappa shape index (κ3) is 4.09. The van der Waals surface area contributed by atoms with Crippen LogP contribution < -0.4 is 0 Å². The lowest BCUT2D eigenvalue weighted by molar-refractivity contribution is 0.466. The zero-order chi connectivity index (χ0) is 18.7. The van der Waals surface area contributed by atoms with Crippen LogP contribution in [-0.2, 0) is 9.84 Å². The summed E-state index contributed by atoms with van der Waals surface area (Å²) in [5.41, 5.74) is 2.06. The molecule has 0 atom stereocenters. The van der Waals surface area contributed by atoms with Crippen LogP contribution in [0.25, 0.3) is 0 Å². The normalized spacial score (nSPS) is 10.9. The van der Waals surface area contributed by atoms with Crippen LogP contribution in [0.1, 0.15) is 42.5 Å². The van der Waals surface area contributed by atoms with E-state index in [0.29, 0.717) is 22.3 Å². The second-order valence-electron chi connectivity index (χ2n) is 6.02. The minimum absolute atomic E-state index is 0.104. The van der Waals surface area contributed by atoms with Crippen molar-refractivity contribution in [2.45, 2.75) is 57.8 Å². The van der Waals surface area contributed by atoms with Gasteiger partial charge in [0.2, 0.25) is 9.84 Å². The maximum absolute atomic E-state index is 12.7. The van der Waals surface area contributed by atoms with Gasteiger partial charge in [0, 0.05) is 0 Å². The molecule has 0 heterocycles. The van der Waals surface area contributed by atoms with Gasteiger partial charge in [-0.15, -0.1) is 0 Å². The van der Waals surface area contributed by atoms with E-state index in [1.807, 2.05) is 0 Å². The molecule has 0 aromatic heterocycles. The van der Waals surface area contributed by atoms with Crippen LogP contribution in [0.15, 0.2) is 34.1 Å². The van der Waals surface area contributed by atoms with Crippen molar-refractivity contribution in [1.29, 1.82) is 0 Å². The minimum Gasteiger partial charge on any atom is -0.507 e. The van der Waals surface area contributed by atoms with Gasteiger partial charge in [0.15, 0.2) is 0 Å². The summed E-state index contributed by atoms with van der Waals surface area (Å²) in [5.74, 6) is 0.207. The van der Waals surface area contributed by atoms with Crippen LogP contribution in [0.3, 0.4) is 0 Å². The van der Waals surface area contributed by atoms with Crippen molar-refractivity contribution >= 4 is 9.84 Å². The van der Waals surface area contributed by atoms with Crippen LogP contribution in [0.5, 0.6) is 11.5 Å². The Morgan fingerprint density at radius 3 is 1.12 bits per heavy atom. The van der Waals surface area contributed by atoms with E-state index in [2.05, 4.69) is 13.8 Å². The van der Waals surface area contributed by atoms with Crippen LogP contribution in [0, 0.1) is 27.7 Å². The van der Waals surface area contributed by atoms with Crippen LogP contribution >= 0.6 is 0 Å². The smallest absolute Gasteiger partial charge is 0.206 e. The van der Waals surface area contributed by atoms with Gasteiger partial charge < -0.3 is 10.2 Å². The third-order valence-corrected chi connectivity index (χ3v) is 5.26. The second-order valence-corrected chi connectivity index (χ2v) is 7.97. The highest BCUT2D eigenvalue weighted by Crippen LogP contribution is 2.32. The molecule has 0 fully saturated rings. The Kier molecular flexibility index (Phi) is 6.43. The molecule has 5 heteroatoms. The monoisotopic (exact) mass is 350 g/mol. The molecule has 0 bridgehead atoms. The molecule has 0 amide bonds. The van der Waals surface area contributed by atoms with E-state index in [0.717, 1.165) is 0 Å². The number of sulfone groups is 1. The predicted octanol–water partition coefficient (Wildman–Crippen LogP) is 4.58. The summed E-state index contributed by atoms with van der Waals surface area (Å²) in [7, 11) is -3.68. The number of hydrogen-bond acceptors (Lipinski definition) is 4. The first kappa shape index (κ1) is 20.0. The third-order valence-electron chi connectivity index (χ3n) is 3.55. The first-order valence-corrected chi connectivity index (χ1v) is 9.40. The Balaban J connectivity index is 0.000000891. The van der Waals surface area contributed by atoms with Gasteiger partial charge in [0.05, 0.1) is 9.79 Å². The Bertz CT molecular complexity index is 727. The summed E-state index contributed by atoms with van der Waals surface area (Å²) in [4.78, 5) is 0.277. The topological polar surface area (TPSA) is 74.6 Å². The Morgan fingerprint density at radius 2 is 0.917 bits per heavy atom. The standard InChI is InChI=1S/C16H18O4S.C3H8/c1-9-5-13(6-10(2)15(9)17)21(19,20)14-7-11(3)16(18)12(4)8-14;1-3-2/h5-8,17-18H,1-4H3;3H2,1-2H3. The second kappa shape index (κ2) is 7.71. The summed E-state index contributed by atoms with van der Waals surface area (Å²) < 4.78 is 25.4. The highest BCUT2D eigenvalue weighted by atomic mass is 32.2. The average molecular weight is 350 g/mol. The molecule has 2 aromatic carbocycles. The minimum atomic E-state index is -3.68. The van der Waals surface area contributed by atoms with E-state index in [-0.39, 0.29) is 21.3 Å². The van der Waals surface area contributed by atoms with Gasteiger partial charge in [-0.1, -0.05) is 20.3 Å². The molecule has 132 valence electrons. The molecule has 2 N–H and O–H groups in total. The van der Waals surface area contributed by atoms with E-state index >= 15 is 0 Å². The SMILES string of the molecule is CCC.Cc1cc(S(=O)(=O)c2cc(C)c(O)c(C)c2)cc(C)c1O. The van der Waals surface area contributed by atoms with E-state index in [4.69, 9.17) is 0 Å². The van der Waals surface area contributed by atoms with Gasteiger partial charge >= 0.3 is 0 Å². The highest BCUT2D eigenvalue weighted by Gasteiger charge is 2.21. The summed E-state index contributed by atoms with van der Waals surface area (Å²) in [6, 6.07) is 5.81. The van der Waals surface area contributed by atoms with E-state index in [1.165, 1.54) is 30.7 Å². The Hall–Kier alpha value is -2.01. The van der Waals surface area contributed by atoms with Gasteiger partial charge in [0.1, 0.15) is 11.5 Å². The summed E-state index contributed by atoms with van der Waals surface area (Å²) in [5, 5.41) is 19.5. The molecule has 0 saturated carbocycles. The predicted molar refractivity (Wildman–Crippen MR) is 96.6 cm³/mol. The van der Waals surface area contributed by atoms with Crippen LogP contribution in [0.4, 0.5) is 0 Å². The molecule has 0 aliphatic heterocycles. The van der Waals surface area contributed by atoms with E-state index in [1.54, 1.807) is 27.7 Å². The number of phenolic OH excluding ortho intramolecular Hbond substituents is 2.